The number of rotatable bonds is 3. The highest BCUT2D eigenvalue weighted by Gasteiger charge is 2.13. The number of aryl methyl sites for hydroxylation is 1. The molecule has 0 fully saturated rings. The zero-order chi connectivity index (χ0) is 11.4. The van der Waals surface area contributed by atoms with Crippen molar-refractivity contribution in [1.82, 2.24) is 4.90 Å². The molecule has 3 nitrogen and oxygen atoms in total. The van der Waals surface area contributed by atoms with Crippen LogP contribution in [0.25, 0.3) is 0 Å². The van der Waals surface area contributed by atoms with Crippen LogP contribution < -0.4 is 5.73 Å². The normalized spacial score (nSPS) is 12.3. The molecule has 0 aliphatic rings. The van der Waals surface area contributed by atoms with E-state index < -0.39 is 6.04 Å². The van der Waals surface area contributed by atoms with E-state index in [1.54, 1.807) is 18.9 Å². The molecule has 3 heteroatoms. The van der Waals surface area contributed by atoms with Crippen LogP contribution in [0.5, 0.6) is 0 Å². The minimum absolute atomic E-state index is 0.0294. The summed E-state index contributed by atoms with van der Waals surface area (Å²) in [5.74, 6) is -0.0294. The Hall–Kier alpha value is -1.35. The Balaban J connectivity index is 2.71. The first kappa shape index (κ1) is 11.7. The van der Waals surface area contributed by atoms with Crippen LogP contribution in [0.1, 0.15) is 18.1 Å². The fourth-order valence-electron chi connectivity index (χ4n) is 1.47. The van der Waals surface area contributed by atoms with E-state index in [1.165, 1.54) is 5.56 Å². The molecule has 0 spiro atoms. The Labute approximate surface area is 90.9 Å². The lowest BCUT2D eigenvalue weighted by atomic mass is 10.1. The van der Waals surface area contributed by atoms with Crippen LogP contribution in [-0.4, -0.2) is 23.9 Å². The van der Waals surface area contributed by atoms with Crippen molar-refractivity contribution < 1.29 is 4.79 Å². The first-order valence-corrected chi connectivity index (χ1v) is 5.07. The van der Waals surface area contributed by atoms with Gasteiger partial charge in [0.25, 0.3) is 0 Å². The first-order chi connectivity index (χ1) is 7.02. The maximum absolute atomic E-state index is 11.6. The standard InChI is InChI=1S/C12H18N2O/c1-9-6-4-5-7-11(9)8-14(3)12(15)10(2)13/h4-7,10H,8,13H2,1-3H3/t10-/m0/s1. The van der Waals surface area contributed by atoms with Crippen LogP contribution in [0.3, 0.4) is 0 Å². The highest BCUT2D eigenvalue weighted by Crippen LogP contribution is 2.09. The van der Waals surface area contributed by atoms with Crippen LogP contribution in [0.2, 0.25) is 0 Å². The van der Waals surface area contributed by atoms with Gasteiger partial charge in [0.05, 0.1) is 6.04 Å². The number of carbonyl (C=O) groups excluding carboxylic acids is 1. The molecule has 0 saturated carbocycles. The lowest BCUT2D eigenvalue weighted by Gasteiger charge is -2.20. The summed E-state index contributed by atoms with van der Waals surface area (Å²) in [5.41, 5.74) is 7.89. The molecule has 0 radical (unpaired) electrons. The molecule has 0 bridgehead atoms. The van der Waals surface area contributed by atoms with E-state index >= 15 is 0 Å². The smallest absolute Gasteiger partial charge is 0.239 e. The summed E-state index contributed by atoms with van der Waals surface area (Å²) in [6, 6.07) is 7.61. The maximum atomic E-state index is 11.6. The van der Waals surface area contributed by atoms with Crippen molar-refractivity contribution in [2.24, 2.45) is 5.73 Å². The summed E-state index contributed by atoms with van der Waals surface area (Å²) in [5, 5.41) is 0. The fraction of sp³-hybridized carbons (Fsp3) is 0.417. The average molecular weight is 206 g/mol. The molecule has 1 rings (SSSR count). The van der Waals surface area contributed by atoms with Gasteiger partial charge in [0.1, 0.15) is 0 Å². The quantitative estimate of drug-likeness (QED) is 0.810. The number of amides is 1. The molecule has 0 heterocycles. The SMILES string of the molecule is Cc1ccccc1CN(C)C(=O)[C@H](C)N. The molecule has 0 unspecified atom stereocenters. The van der Waals surface area contributed by atoms with Crippen molar-refractivity contribution in [2.45, 2.75) is 26.4 Å². The second-order valence-electron chi connectivity index (χ2n) is 3.91. The molecule has 1 aromatic carbocycles. The van der Waals surface area contributed by atoms with Crippen molar-refractivity contribution in [2.75, 3.05) is 7.05 Å². The van der Waals surface area contributed by atoms with Gasteiger partial charge in [0.2, 0.25) is 5.91 Å². The summed E-state index contributed by atoms with van der Waals surface area (Å²) < 4.78 is 0. The van der Waals surface area contributed by atoms with E-state index in [0.717, 1.165) is 5.56 Å². The minimum Gasteiger partial charge on any atom is -0.340 e. The van der Waals surface area contributed by atoms with Gasteiger partial charge in [0.15, 0.2) is 0 Å². The molecule has 0 aromatic heterocycles. The number of hydrogen-bond donors (Lipinski definition) is 1. The molecule has 0 saturated heterocycles. The highest BCUT2D eigenvalue weighted by molar-refractivity contribution is 5.80. The minimum atomic E-state index is -0.431. The average Bonchev–Trinajstić information content (AvgIpc) is 2.20. The van der Waals surface area contributed by atoms with Crippen molar-refractivity contribution in [3.05, 3.63) is 35.4 Å². The monoisotopic (exact) mass is 206 g/mol. The van der Waals surface area contributed by atoms with E-state index in [0.29, 0.717) is 6.54 Å². The third-order valence-corrected chi connectivity index (χ3v) is 2.43. The van der Waals surface area contributed by atoms with Gasteiger partial charge in [0, 0.05) is 13.6 Å². The van der Waals surface area contributed by atoms with Crippen molar-refractivity contribution in [3.8, 4) is 0 Å². The van der Waals surface area contributed by atoms with Gasteiger partial charge in [-0.2, -0.15) is 0 Å². The lowest BCUT2D eigenvalue weighted by Crippen LogP contribution is -2.39. The Bertz CT molecular complexity index is 347. The molecule has 0 aliphatic heterocycles. The Kier molecular flexibility index (Phi) is 3.86. The van der Waals surface area contributed by atoms with Crippen LogP contribution in [0.4, 0.5) is 0 Å². The molecule has 15 heavy (non-hydrogen) atoms. The van der Waals surface area contributed by atoms with E-state index in [2.05, 4.69) is 0 Å². The molecule has 2 N–H and O–H groups in total. The van der Waals surface area contributed by atoms with Gasteiger partial charge in [-0.3, -0.25) is 4.79 Å². The zero-order valence-corrected chi connectivity index (χ0v) is 9.53. The zero-order valence-electron chi connectivity index (χ0n) is 9.53. The molecule has 82 valence electrons. The van der Waals surface area contributed by atoms with Crippen molar-refractivity contribution >= 4 is 5.91 Å². The molecule has 0 aliphatic carbocycles. The second-order valence-corrected chi connectivity index (χ2v) is 3.91. The molecule has 1 aromatic rings. The van der Waals surface area contributed by atoms with Gasteiger partial charge in [-0.25, -0.2) is 0 Å². The Morgan fingerprint density at radius 3 is 2.60 bits per heavy atom. The summed E-state index contributed by atoms with van der Waals surface area (Å²) in [7, 11) is 1.78. The van der Waals surface area contributed by atoms with Crippen LogP contribution >= 0.6 is 0 Å². The number of likely N-dealkylation sites (N-methyl/N-ethyl adjacent to an activating group) is 1. The maximum Gasteiger partial charge on any atom is 0.239 e. The van der Waals surface area contributed by atoms with Crippen LogP contribution in [0, 0.1) is 6.92 Å². The first-order valence-electron chi connectivity index (χ1n) is 5.07. The van der Waals surface area contributed by atoms with E-state index in [1.807, 2.05) is 31.2 Å². The second kappa shape index (κ2) is 4.94. The molecule has 1 amide bonds. The highest BCUT2D eigenvalue weighted by atomic mass is 16.2. The Morgan fingerprint density at radius 1 is 1.47 bits per heavy atom. The fourth-order valence-corrected chi connectivity index (χ4v) is 1.47. The summed E-state index contributed by atoms with van der Waals surface area (Å²) in [4.78, 5) is 13.2. The molecule has 1 atom stereocenters. The number of carbonyl (C=O) groups is 1. The molecular formula is C12H18N2O. The predicted molar refractivity (Wildman–Crippen MR) is 61.3 cm³/mol. The number of nitrogens with zero attached hydrogens (tertiary/aromatic N) is 1. The summed E-state index contributed by atoms with van der Waals surface area (Å²) >= 11 is 0. The van der Waals surface area contributed by atoms with E-state index in [9.17, 15) is 4.79 Å². The van der Waals surface area contributed by atoms with Gasteiger partial charge < -0.3 is 10.6 Å². The number of hydrogen-bond acceptors (Lipinski definition) is 2. The lowest BCUT2D eigenvalue weighted by molar-refractivity contribution is -0.131. The van der Waals surface area contributed by atoms with Crippen LogP contribution in [0.15, 0.2) is 24.3 Å². The van der Waals surface area contributed by atoms with E-state index in [4.69, 9.17) is 5.73 Å². The molecular weight excluding hydrogens is 188 g/mol. The van der Waals surface area contributed by atoms with Gasteiger partial charge in [-0.15, -0.1) is 0 Å². The number of nitrogens with two attached hydrogens (primary N) is 1. The van der Waals surface area contributed by atoms with Crippen molar-refractivity contribution in [3.63, 3.8) is 0 Å². The largest absolute Gasteiger partial charge is 0.340 e. The van der Waals surface area contributed by atoms with E-state index in [-0.39, 0.29) is 5.91 Å². The predicted octanol–water partition coefficient (Wildman–Crippen LogP) is 1.30. The van der Waals surface area contributed by atoms with Gasteiger partial charge in [-0.1, -0.05) is 24.3 Å². The topological polar surface area (TPSA) is 46.3 Å². The van der Waals surface area contributed by atoms with Gasteiger partial charge >= 0.3 is 0 Å². The summed E-state index contributed by atoms with van der Waals surface area (Å²) in [6.45, 7) is 4.36. The van der Waals surface area contributed by atoms with Crippen molar-refractivity contribution in [1.29, 1.82) is 0 Å². The number of benzene rings is 1. The van der Waals surface area contributed by atoms with Gasteiger partial charge in [-0.05, 0) is 25.0 Å². The Morgan fingerprint density at radius 2 is 2.07 bits per heavy atom. The summed E-state index contributed by atoms with van der Waals surface area (Å²) in [6.07, 6.45) is 0. The third-order valence-electron chi connectivity index (χ3n) is 2.43. The van der Waals surface area contributed by atoms with Crippen LogP contribution in [-0.2, 0) is 11.3 Å². The third kappa shape index (κ3) is 3.06.